The van der Waals surface area contributed by atoms with Crippen molar-refractivity contribution in [3.63, 3.8) is 0 Å². The summed E-state index contributed by atoms with van der Waals surface area (Å²) in [5, 5.41) is 7.41. The lowest BCUT2D eigenvalue weighted by Crippen LogP contribution is -2.01. The zero-order valence-corrected chi connectivity index (χ0v) is 38.0. The zero-order chi connectivity index (χ0) is 45.4. The van der Waals surface area contributed by atoms with Crippen LogP contribution in [0.2, 0.25) is 0 Å². The minimum atomic E-state index is 0.618. The first kappa shape index (κ1) is 39.2. The maximum absolute atomic E-state index is 5.20. The standard InChI is InChI=1S/C63H39N5S/c1-4-16-40(17-5-1)42-30-32-44(33-31-42)62-64-61(43-20-8-3-9-21-43)65-63(66-62)46-23-15-25-48(39-46)68-56-29-13-11-27-50(56)52-35-37-54-53-36-34-51-49-26-10-12-28-55(49)67(57(51)59(53)69-60(54)58(52)68)47-24-14-22-45(38-47)41-18-6-2-7-19-41/h1-39H. The molecule has 0 amide bonds. The van der Waals surface area contributed by atoms with Crippen LogP contribution in [0.5, 0.6) is 0 Å². The Kier molecular flexibility index (Phi) is 9.00. The number of hydrogen-bond donors (Lipinski definition) is 0. The lowest BCUT2D eigenvalue weighted by atomic mass is 10.0. The molecular formula is C63H39N5S. The van der Waals surface area contributed by atoms with Gasteiger partial charge in [-0.2, -0.15) is 0 Å². The van der Waals surface area contributed by atoms with Crippen LogP contribution in [-0.2, 0) is 0 Å². The molecule has 10 aromatic carbocycles. The van der Waals surface area contributed by atoms with E-state index in [-0.39, 0.29) is 0 Å². The molecule has 14 aromatic rings. The van der Waals surface area contributed by atoms with Crippen LogP contribution >= 0.6 is 11.3 Å². The second-order valence-electron chi connectivity index (χ2n) is 17.6. The van der Waals surface area contributed by atoms with Crippen molar-refractivity contribution in [1.82, 2.24) is 24.1 Å². The van der Waals surface area contributed by atoms with Gasteiger partial charge in [0, 0.05) is 60.4 Å². The molecule has 0 bridgehead atoms. The molecule has 6 heteroatoms. The van der Waals surface area contributed by atoms with Gasteiger partial charge in [-0.15, -0.1) is 11.3 Å². The van der Waals surface area contributed by atoms with Crippen LogP contribution in [0.1, 0.15) is 0 Å². The highest BCUT2D eigenvalue weighted by Gasteiger charge is 2.23. The number of aromatic nitrogens is 5. The molecule has 0 aliphatic heterocycles. The van der Waals surface area contributed by atoms with E-state index >= 15 is 0 Å². The van der Waals surface area contributed by atoms with Crippen LogP contribution < -0.4 is 0 Å². The number of rotatable bonds is 7. The molecule has 0 aliphatic rings. The van der Waals surface area contributed by atoms with E-state index in [0.29, 0.717) is 17.5 Å². The van der Waals surface area contributed by atoms with E-state index in [1.165, 1.54) is 75.0 Å². The number of fused-ring (bicyclic) bond motifs is 11. The fourth-order valence-electron chi connectivity index (χ4n) is 10.4. The van der Waals surface area contributed by atoms with Crippen molar-refractivity contribution in [3.8, 4) is 67.8 Å². The van der Waals surface area contributed by atoms with E-state index in [2.05, 4.69) is 221 Å². The van der Waals surface area contributed by atoms with Gasteiger partial charge in [0.1, 0.15) is 0 Å². The number of hydrogen-bond acceptors (Lipinski definition) is 4. The van der Waals surface area contributed by atoms with Gasteiger partial charge in [0.15, 0.2) is 17.5 Å². The lowest BCUT2D eigenvalue weighted by Gasteiger charge is -2.12. The third-order valence-electron chi connectivity index (χ3n) is 13.6. The summed E-state index contributed by atoms with van der Waals surface area (Å²) in [6.07, 6.45) is 0. The van der Waals surface area contributed by atoms with E-state index in [0.717, 1.165) is 39.1 Å². The van der Waals surface area contributed by atoms with Crippen molar-refractivity contribution in [2.45, 2.75) is 0 Å². The summed E-state index contributed by atoms with van der Waals surface area (Å²) < 4.78 is 7.45. The molecule has 0 unspecified atom stereocenters. The highest BCUT2D eigenvalue weighted by Crippen LogP contribution is 2.47. The SMILES string of the molecule is c1ccc(-c2ccc(-c3nc(-c4ccccc4)nc(-c4cccc(-n5c6ccccc6c6ccc7c8ccc9c%10ccccc%10n(-c%10cccc(-c%11ccccc%11)c%10)c9c8sc7c65)c4)n3)cc2)cc1. The number of nitrogens with zero attached hydrogens (tertiary/aromatic N) is 5. The molecular weight excluding hydrogens is 859 g/mol. The molecule has 322 valence electrons. The Morgan fingerprint density at radius 3 is 1.16 bits per heavy atom. The molecule has 0 N–H and O–H groups in total. The van der Waals surface area contributed by atoms with Gasteiger partial charge in [0.25, 0.3) is 0 Å². The van der Waals surface area contributed by atoms with Gasteiger partial charge in [-0.05, 0) is 58.7 Å². The molecule has 69 heavy (non-hydrogen) atoms. The number of thiophene rings is 1. The first-order valence-electron chi connectivity index (χ1n) is 23.3. The monoisotopic (exact) mass is 897 g/mol. The number of benzene rings is 10. The van der Waals surface area contributed by atoms with Crippen LogP contribution in [0.25, 0.3) is 132 Å². The molecule has 4 heterocycles. The minimum Gasteiger partial charge on any atom is -0.308 e. The minimum absolute atomic E-state index is 0.618. The van der Waals surface area contributed by atoms with Crippen LogP contribution in [0, 0.1) is 0 Å². The lowest BCUT2D eigenvalue weighted by molar-refractivity contribution is 1.07. The molecule has 14 rings (SSSR count). The van der Waals surface area contributed by atoms with Crippen molar-refractivity contribution in [1.29, 1.82) is 0 Å². The largest absolute Gasteiger partial charge is 0.308 e. The van der Waals surface area contributed by atoms with Crippen LogP contribution in [0.4, 0.5) is 0 Å². The van der Waals surface area contributed by atoms with Gasteiger partial charge in [-0.1, -0.05) is 200 Å². The molecule has 0 atom stereocenters. The van der Waals surface area contributed by atoms with Crippen LogP contribution in [0.15, 0.2) is 237 Å². The maximum Gasteiger partial charge on any atom is 0.164 e. The summed E-state index contributed by atoms with van der Waals surface area (Å²) in [6, 6.07) is 84.4. The number of para-hydroxylation sites is 2. The third-order valence-corrected chi connectivity index (χ3v) is 14.8. The summed E-state index contributed by atoms with van der Waals surface area (Å²) in [4.78, 5) is 15.4. The average molecular weight is 898 g/mol. The second kappa shape index (κ2) is 15.8. The van der Waals surface area contributed by atoms with Crippen molar-refractivity contribution in [3.05, 3.63) is 237 Å². The molecule has 0 radical (unpaired) electrons. The van der Waals surface area contributed by atoms with Gasteiger partial charge < -0.3 is 9.13 Å². The Balaban J connectivity index is 0.974. The Bertz CT molecular complexity index is 4280. The third kappa shape index (κ3) is 6.41. The highest BCUT2D eigenvalue weighted by molar-refractivity contribution is 7.27. The van der Waals surface area contributed by atoms with E-state index in [1.807, 2.05) is 35.6 Å². The van der Waals surface area contributed by atoms with E-state index in [9.17, 15) is 0 Å². The van der Waals surface area contributed by atoms with E-state index in [1.54, 1.807) is 0 Å². The van der Waals surface area contributed by atoms with Crippen LogP contribution in [-0.4, -0.2) is 24.1 Å². The van der Waals surface area contributed by atoms with Crippen LogP contribution in [0.3, 0.4) is 0 Å². The summed E-state index contributed by atoms with van der Waals surface area (Å²) in [6.45, 7) is 0. The van der Waals surface area contributed by atoms with E-state index in [4.69, 9.17) is 15.0 Å². The Morgan fingerprint density at radius 1 is 0.261 bits per heavy atom. The quantitative estimate of drug-likeness (QED) is 0.160. The van der Waals surface area contributed by atoms with Gasteiger partial charge >= 0.3 is 0 Å². The molecule has 0 aliphatic carbocycles. The van der Waals surface area contributed by atoms with Crippen molar-refractivity contribution < 1.29 is 0 Å². The molecule has 0 fully saturated rings. The van der Waals surface area contributed by atoms with E-state index < -0.39 is 0 Å². The molecule has 0 saturated heterocycles. The summed E-state index contributed by atoms with van der Waals surface area (Å²) >= 11 is 1.89. The fraction of sp³-hybridized carbons (Fsp3) is 0. The van der Waals surface area contributed by atoms with Gasteiger partial charge in [-0.3, -0.25) is 0 Å². The topological polar surface area (TPSA) is 48.5 Å². The molecule has 0 spiro atoms. The molecule has 5 nitrogen and oxygen atoms in total. The average Bonchev–Trinajstić information content (AvgIpc) is 4.10. The Labute approximate surface area is 401 Å². The van der Waals surface area contributed by atoms with Gasteiger partial charge in [0.05, 0.1) is 31.5 Å². The Morgan fingerprint density at radius 2 is 0.623 bits per heavy atom. The van der Waals surface area contributed by atoms with Crippen molar-refractivity contribution in [2.75, 3.05) is 0 Å². The van der Waals surface area contributed by atoms with Gasteiger partial charge in [-0.25, -0.2) is 15.0 Å². The van der Waals surface area contributed by atoms with Crippen molar-refractivity contribution in [2.24, 2.45) is 0 Å². The normalized spacial score (nSPS) is 11.8. The fourth-order valence-corrected chi connectivity index (χ4v) is 11.7. The maximum atomic E-state index is 5.20. The molecule has 0 saturated carbocycles. The zero-order valence-electron chi connectivity index (χ0n) is 37.2. The first-order chi connectivity index (χ1) is 34.2. The second-order valence-corrected chi connectivity index (χ2v) is 18.6. The summed E-state index contributed by atoms with van der Waals surface area (Å²) in [5.74, 6) is 1.88. The molecule has 4 aromatic heterocycles. The predicted molar refractivity (Wildman–Crippen MR) is 289 cm³/mol. The summed E-state index contributed by atoms with van der Waals surface area (Å²) in [5.41, 5.74) is 14.4. The van der Waals surface area contributed by atoms with Crippen molar-refractivity contribution >= 4 is 75.1 Å². The summed E-state index contributed by atoms with van der Waals surface area (Å²) in [7, 11) is 0. The predicted octanol–water partition coefficient (Wildman–Crippen LogP) is 16.8. The highest BCUT2D eigenvalue weighted by atomic mass is 32.1. The smallest absolute Gasteiger partial charge is 0.164 e. The first-order valence-corrected chi connectivity index (χ1v) is 24.1. The Hall–Kier alpha value is -8.97. The van der Waals surface area contributed by atoms with Gasteiger partial charge in [0.2, 0.25) is 0 Å².